The van der Waals surface area contributed by atoms with Crippen LogP contribution in [0.25, 0.3) is 0 Å². The van der Waals surface area contributed by atoms with E-state index in [0.717, 1.165) is 5.69 Å². The van der Waals surface area contributed by atoms with Crippen molar-refractivity contribution in [2.45, 2.75) is 6.54 Å². The molecule has 94 valence electrons. The van der Waals surface area contributed by atoms with Gasteiger partial charge in [0, 0.05) is 23.3 Å². The van der Waals surface area contributed by atoms with Crippen molar-refractivity contribution in [3.8, 4) is 11.6 Å². The van der Waals surface area contributed by atoms with Gasteiger partial charge in [0.1, 0.15) is 5.75 Å². The molecule has 0 spiro atoms. The number of phenols is 1. The molecule has 5 heteroatoms. The van der Waals surface area contributed by atoms with Crippen molar-refractivity contribution in [3.05, 3.63) is 47.1 Å². The SMILES string of the molecule is COc1ncccc1NCc1c(O)cccc1Cl. The Bertz CT molecular complexity index is 526. The summed E-state index contributed by atoms with van der Waals surface area (Å²) in [5, 5.41) is 13.4. The third-order valence-corrected chi connectivity index (χ3v) is 2.87. The van der Waals surface area contributed by atoms with Gasteiger partial charge < -0.3 is 15.2 Å². The van der Waals surface area contributed by atoms with E-state index in [2.05, 4.69) is 10.3 Å². The Morgan fingerprint density at radius 2 is 2.17 bits per heavy atom. The molecule has 0 aliphatic rings. The van der Waals surface area contributed by atoms with Gasteiger partial charge >= 0.3 is 0 Å². The minimum Gasteiger partial charge on any atom is -0.508 e. The van der Waals surface area contributed by atoms with Crippen LogP contribution >= 0.6 is 11.6 Å². The molecule has 0 radical (unpaired) electrons. The molecule has 0 atom stereocenters. The second kappa shape index (κ2) is 5.60. The van der Waals surface area contributed by atoms with Crippen LogP contribution < -0.4 is 10.1 Å². The number of halogens is 1. The number of ether oxygens (including phenoxy) is 1. The van der Waals surface area contributed by atoms with Crippen molar-refractivity contribution >= 4 is 17.3 Å². The summed E-state index contributed by atoms with van der Waals surface area (Å²) in [6.45, 7) is 0.396. The van der Waals surface area contributed by atoms with Crippen LogP contribution in [0.3, 0.4) is 0 Å². The summed E-state index contributed by atoms with van der Waals surface area (Å²) in [4.78, 5) is 4.07. The molecule has 0 amide bonds. The number of aromatic nitrogens is 1. The maximum absolute atomic E-state index is 9.72. The number of hydrogen-bond acceptors (Lipinski definition) is 4. The van der Waals surface area contributed by atoms with Crippen molar-refractivity contribution in [3.63, 3.8) is 0 Å². The van der Waals surface area contributed by atoms with Crippen molar-refractivity contribution in [2.24, 2.45) is 0 Å². The highest BCUT2D eigenvalue weighted by molar-refractivity contribution is 6.31. The second-order valence-electron chi connectivity index (χ2n) is 3.65. The average molecular weight is 265 g/mol. The average Bonchev–Trinajstić information content (AvgIpc) is 2.38. The molecule has 0 fully saturated rings. The summed E-state index contributed by atoms with van der Waals surface area (Å²) in [5.41, 5.74) is 1.39. The van der Waals surface area contributed by atoms with Crippen LogP contribution in [0.1, 0.15) is 5.56 Å². The summed E-state index contributed by atoms with van der Waals surface area (Å²) < 4.78 is 5.13. The Morgan fingerprint density at radius 3 is 2.89 bits per heavy atom. The van der Waals surface area contributed by atoms with Gasteiger partial charge in [0.15, 0.2) is 0 Å². The first kappa shape index (κ1) is 12.5. The molecule has 1 aromatic heterocycles. The lowest BCUT2D eigenvalue weighted by molar-refractivity contribution is 0.399. The molecule has 1 aromatic carbocycles. The molecule has 2 N–H and O–H groups in total. The van der Waals surface area contributed by atoms with Gasteiger partial charge in [-0.05, 0) is 24.3 Å². The van der Waals surface area contributed by atoms with Crippen molar-refractivity contribution in [2.75, 3.05) is 12.4 Å². The molecule has 0 unspecified atom stereocenters. The Labute approximate surface area is 110 Å². The third kappa shape index (κ3) is 2.65. The number of nitrogens with one attached hydrogen (secondary N) is 1. The smallest absolute Gasteiger partial charge is 0.237 e. The van der Waals surface area contributed by atoms with Gasteiger partial charge in [0.25, 0.3) is 0 Å². The summed E-state index contributed by atoms with van der Waals surface area (Å²) in [6, 6.07) is 8.69. The van der Waals surface area contributed by atoms with Crippen molar-refractivity contribution in [1.82, 2.24) is 4.98 Å². The van der Waals surface area contributed by atoms with Gasteiger partial charge in [-0.3, -0.25) is 0 Å². The lowest BCUT2D eigenvalue weighted by Gasteiger charge is -2.11. The Balaban J connectivity index is 2.16. The standard InChI is InChI=1S/C13H13ClN2O2/c1-18-13-11(5-3-7-15-13)16-8-9-10(14)4-2-6-12(9)17/h2-7,16-17H,8H2,1H3. The first-order chi connectivity index (χ1) is 8.72. The fraction of sp³-hybridized carbons (Fsp3) is 0.154. The second-order valence-corrected chi connectivity index (χ2v) is 4.06. The molecule has 0 saturated heterocycles. The number of hydrogen-bond donors (Lipinski definition) is 2. The van der Waals surface area contributed by atoms with E-state index in [1.165, 1.54) is 0 Å². The molecule has 1 heterocycles. The summed E-state index contributed by atoms with van der Waals surface area (Å²) in [6.07, 6.45) is 1.65. The van der Waals surface area contributed by atoms with Crippen LogP contribution in [0.4, 0.5) is 5.69 Å². The van der Waals surface area contributed by atoms with E-state index in [0.29, 0.717) is 23.0 Å². The van der Waals surface area contributed by atoms with Crippen LogP contribution in [-0.2, 0) is 6.54 Å². The summed E-state index contributed by atoms with van der Waals surface area (Å²) in [7, 11) is 1.56. The minimum absolute atomic E-state index is 0.165. The fourth-order valence-corrected chi connectivity index (χ4v) is 1.83. The van der Waals surface area contributed by atoms with Gasteiger partial charge in [-0.25, -0.2) is 4.98 Å². The van der Waals surface area contributed by atoms with Gasteiger partial charge in [-0.2, -0.15) is 0 Å². The molecule has 0 bridgehead atoms. The lowest BCUT2D eigenvalue weighted by Crippen LogP contribution is -2.03. The van der Waals surface area contributed by atoms with Crippen molar-refractivity contribution in [1.29, 1.82) is 0 Å². The Kier molecular flexibility index (Phi) is 3.89. The van der Waals surface area contributed by atoms with Crippen molar-refractivity contribution < 1.29 is 9.84 Å². The molecule has 4 nitrogen and oxygen atoms in total. The van der Waals surface area contributed by atoms with E-state index in [1.807, 2.05) is 6.07 Å². The fourth-order valence-electron chi connectivity index (χ4n) is 1.59. The maximum Gasteiger partial charge on any atom is 0.237 e. The number of benzene rings is 1. The van der Waals surface area contributed by atoms with Gasteiger partial charge in [0.2, 0.25) is 5.88 Å². The van der Waals surface area contributed by atoms with E-state index in [1.54, 1.807) is 37.6 Å². The zero-order chi connectivity index (χ0) is 13.0. The Morgan fingerprint density at radius 1 is 1.33 bits per heavy atom. The Hall–Kier alpha value is -1.94. The normalized spacial score (nSPS) is 10.1. The maximum atomic E-state index is 9.72. The summed E-state index contributed by atoms with van der Waals surface area (Å²) >= 11 is 6.02. The number of methoxy groups -OCH3 is 1. The van der Waals surface area contributed by atoms with Crippen LogP contribution in [0.15, 0.2) is 36.5 Å². The molecular formula is C13H13ClN2O2. The predicted molar refractivity (Wildman–Crippen MR) is 71.2 cm³/mol. The molecule has 18 heavy (non-hydrogen) atoms. The van der Waals surface area contributed by atoms with Gasteiger partial charge in [-0.15, -0.1) is 0 Å². The molecule has 0 aliphatic carbocycles. The minimum atomic E-state index is 0.165. The highest BCUT2D eigenvalue weighted by Crippen LogP contribution is 2.27. The van der Waals surface area contributed by atoms with Crippen LogP contribution in [0, 0.1) is 0 Å². The number of anilines is 1. The number of rotatable bonds is 4. The third-order valence-electron chi connectivity index (χ3n) is 2.51. The largest absolute Gasteiger partial charge is 0.508 e. The van der Waals surface area contributed by atoms with Gasteiger partial charge in [-0.1, -0.05) is 17.7 Å². The van der Waals surface area contributed by atoms with E-state index >= 15 is 0 Å². The monoisotopic (exact) mass is 264 g/mol. The number of aromatic hydroxyl groups is 1. The lowest BCUT2D eigenvalue weighted by atomic mass is 10.2. The van der Waals surface area contributed by atoms with Gasteiger partial charge in [0.05, 0.1) is 12.8 Å². The van der Waals surface area contributed by atoms with E-state index in [-0.39, 0.29) is 5.75 Å². The highest BCUT2D eigenvalue weighted by atomic mass is 35.5. The zero-order valence-corrected chi connectivity index (χ0v) is 10.6. The first-order valence-corrected chi connectivity index (χ1v) is 5.79. The topological polar surface area (TPSA) is 54.4 Å². The quantitative estimate of drug-likeness (QED) is 0.891. The van der Waals surface area contributed by atoms with Crippen LogP contribution in [0.5, 0.6) is 11.6 Å². The van der Waals surface area contributed by atoms with Crippen LogP contribution in [-0.4, -0.2) is 17.2 Å². The van der Waals surface area contributed by atoms with Crippen LogP contribution in [0.2, 0.25) is 5.02 Å². The number of nitrogens with zero attached hydrogens (tertiary/aromatic N) is 1. The molecule has 2 rings (SSSR count). The summed E-state index contributed by atoms with van der Waals surface area (Å²) in [5.74, 6) is 0.668. The predicted octanol–water partition coefficient (Wildman–Crippen LogP) is 3.06. The number of phenolic OH excluding ortho intramolecular Hbond substituents is 1. The zero-order valence-electron chi connectivity index (χ0n) is 9.85. The molecule has 0 aliphatic heterocycles. The van der Waals surface area contributed by atoms with E-state index in [9.17, 15) is 5.11 Å². The highest BCUT2D eigenvalue weighted by Gasteiger charge is 2.08. The first-order valence-electron chi connectivity index (χ1n) is 5.41. The molecule has 0 saturated carbocycles. The van der Waals surface area contributed by atoms with E-state index in [4.69, 9.17) is 16.3 Å². The molecular weight excluding hydrogens is 252 g/mol. The molecule has 2 aromatic rings. The number of pyridine rings is 1. The van der Waals surface area contributed by atoms with E-state index < -0.39 is 0 Å².